The summed E-state index contributed by atoms with van der Waals surface area (Å²) < 4.78 is 32.2. The van der Waals surface area contributed by atoms with Crippen molar-refractivity contribution in [3.8, 4) is 0 Å². The number of fused-ring (bicyclic) bond motifs is 1. The second-order valence-electron chi connectivity index (χ2n) is 8.91. The standard InChI is InChI=1S/C24H34FO5Si/c1-4-5-11-19(25)20(30-31(2)3)13-12-17-18-14-23(26)28-22(18)15-21(17)29-24(27)16-9-7-6-8-10-16/h6-10,17-22H,4-5,11-15H2,1-3H3/q+1. The molecule has 1 aliphatic heterocycles. The number of benzene rings is 1. The van der Waals surface area contributed by atoms with Crippen molar-refractivity contribution in [1.82, 2.24) is 0 Å². The summed E-state index contributed by atoms with van der Waals surface area (Å²) in [4.78, 5) is 24.5. The summed E-state index contributed by atoms with van der Waals surface area (Å²) in [5, 5.41) is 0. The molecule has 3 rings (SSSR count). The molecule has 6 unspecified atom stereocenters. The van der Waals surface area contributed by atoms with E-state index in [4.69, 9.17) is 13.9 Å². The lowest BCUT2D eigenvalue weighted by Crippen LogP contribution is -2.33. The van der Waals surface area contributed by atoms with E-state index in [0.717, 1.165) is 12.8 Å². The van der Waals surface area contributed by atoms with Crippen LogP contribution in [-0.2, 0) is 18.7 Å². The number of halogens is 1. The van der Waals surface area contributed by atoms with Crippen LogP contribution in [0, 0.1) is 11.8 Å². The van der Waals surface area contributed by atoms with Crippen LogP contribution in [0.4, 0.5) is 4.39 Å². The summed E-state index contributed by atoms with van der Waals surface area (Å²) >= 11 is 0. The molecule has 0 radical (unpaired) electrons. The number of carbonyl (C=O) groups is 2. The molecular weight excluding hydrogens is 415 g/mol. The van der Waals surface area contributed by atoms with Gasteiger partial charge in [0.2, 0.25) is 0 Å². The van der Waals surface area contributed by atoms with E-state index in [0.29, 0.717) is 37.7 Å². The topological polar surface area (TPSA) is 61.8 Å². The van der Waals surface area contributed by atoms with Crippen molar-refractivity contribution >= 4 is 21.0 Å². The van der Waals surface area contributed by atoms with Gasteiger partial charge in [0.15, 0.2) is 0 Å². The van der Waals surface area contributed by atoms with Gasteiger partial charge in [-0.1, -0.05) is 38.0 Å². The van der Waals surface area contributed by atoms with Crippen molar-refractivity contribution in [2.24, 2.45) is 11.8 Å². The lowest BCUT2D eigenvalue weighted by atomic mass is 9.86. The summed E-state index contributed by atoms with van der Waals surface area (Å²) in [7, 11) is -1.05. The summed E-state index contributed by atoms with van der Waals surface area (Å²) in [6.07, 6.45) is 2.35. The van der Waals surface area contributed by atoms with Crippen molar-refractivity contribution in [3.05, 3.63) is 35.9 Å². The van der Waals surface area contributed by atoms with Crippen LogP contribution in [-0.4, -0.2) is 45.5 Å². The van der Waals surface area contributed by atoms with Crippen LogP contribution < -0.4 is 0 Å². The number of alkyl halides is 1. The van der Waals surface area contributed by atoms with Crippen molar-refractivity contribution in [3.63, 3.8) is 0 Å². The average molecular weight is 450 g/mol. The van der Waals surface area contributed by atoms with Gasteiger partial charge in [-0.25, -0.2) is 13.6 Å². The quantitative estimate of drug-likeness (QED) is 0.347. The first-order valence-electron chi connectivity index (χ1n) is 11.5. The third kappa shape index (κ3) is 6.39. The molecule has 1 saturated heterocycles. The van der Waals surface area contributed by atoms with Crippen LogP contribution >= 0.6 is 0 Å². The maximum Gasteiger partial charge on any atom is 0.467 e. The molecule has 2 aliphatic rings. The highest BCUT2D eigenvalue weighted by Gasteiger charge is 2.51. The minimum atomic E-state index is -1.05. The highest BCUT2D eigenvalue weighted by atomic mass is 28.3. The minimum absolute atomic E-state index is 0.0171. The molecule has 1 saturated carbocycles. The van der Waals surface area contributed by atoms with Crippen molar-refractivity contribution in [2.75, 3.05) is 0 Å². The zero-order chi connectivity index (χ0) is 22.4. The maximum atomic E-state index is 14.9. The maximum absolute atomic E-state index is 14.9. The van der Waals surface area contributed by atoms with Crippen LogP contribution in [0.3, 0.4) is 0 Å². The lowest BCUT2D eigenvalue weighted by Gasteiger charge is -2.25. The van der Waals surface area contributed by atoms with Crippen LogP contribution in [0.2, 0.25) is 13.1 Å². The highest BCUT2D eigenvalue weighted by molar-refractivity contribution is 6.48. The Balaban J connectivity index is 1.67. The van der Waals surface area contributed by atoms with Gasteiger partial charge in [0.1, 0.15) is 24.5 Å². The molecule has 1 aromatic rings. The molecule has 0 amide bonds. The Bertz CT molecular complexity index is 728. The Morgan fingerprint density at radius 3 is 2.68 bits per heavy atom. The molecule has 0 N–H and O–H groups in total. The van der Waals surface area contributed by atoms with Gasteiger partial charge < -0.3 is 9.47 Å². The normalized spacial score (nSPS) is 26.8. The molecule has 6 atom stereocenters. The van der Waals surface area contributed by atoms with Crippen LogP contribution in [0.15, 0.2) is 30.3 Å². The van der Waals surface area contributed by atoms with E-state index < -0.39 is 21.3 Å². The van der Waals surface area contributed by atoms with E-state index in [1.165, 1.54) is 0 Å². The van der Waals surface area contributed by atoms with Crippen LogP contribution in [0.25, 0.3) is 0 Å². The molecule has 1 heterocycles. The molecule has 1 aliphatic carbocycles. The molecule has 5 nitrogen and oxygen atoms in total. The number of esters is 2. The molecule has 7 heteroatoms. The van der Waals surface area contributed by atoms with Gasteiger partial charge in [-0.2, -0.15) is 0 Å². The number of carbonyl (C=O) groups excluding carboxylic acids is 2. The van der Waals surface area contributed by atoms with E-state index >= 15 is 0 Å². The predicted molar refractivity (Wildman–Crippen MR) is 118 cm³/mol. The second kappa shape index (κ2) is 11.2. The smallest absolute Gasteiger partial charge is 0.462 e. The van der Waals surface area contributed by atoms with E-state index in [1.54, 1.807) is 24.3 Å². The first-order valence-corrected chi connectivity index (χ1v) is 13.9. The molecule has 1 aromatic carbocycles. The van der Waals surface area contributed by atoms with Crippen molar-refractivity contribution in [2.45, 2.75) is 89.4 Å². The van der Waals surface area contributed by atoms with E-state index in [2.05, 4.69) is 6.92 Å². The SMILES string of the molecule is CCCCC(F)C(CCC1C(OC(=O)c2ccccc2)CC2OC(=O)CC21)O[Si+](C)C. The third-order valence-electron chi connectivity index (χ3n) is 6.33. The number of ether oxygens (including phenoxy) is 2. The van der Waals surface area contributed by atoms with Crippen molar-refractivity contribution < 1.29 is 27.9 Å². The lowest BCUT2D eigenvalue weighted by molar-refractivity contribution is -0.141. The first kappa shape index (κ1) is 23.9. The van der Waals surface area contributed by atoms with Gasteiger partial charge in [-0.05, 0) is 31.4 Å². The minimum Gasteiger partial charge on any atom is -0.462 e. The number of rotatable bonds is 11. The van der Waals surface area contributed by atoms with Gasteiger partial charge in [0.25, 0.3) is 0 Å². The summed E-state index contributed by atoms with van der Waals surface area (Å²) in [5.41, 5.74) is 0.504. The monoisotopic (exact) mass is 449 g/mol. The molecule has 0 bridgehead atoms. The molecule has 0 spiro atoms. The highest BCUT2D eigenvalue weighted by Crippen LogP contribution is 2.45. The van der Waals surface area contributed by atoms with Gasteiger partial charge in [-0.3, -0.25) is 4.79 Å². The van der Waals surface area contributed by atoms with Gasteiger partial charge in [0, 0.05) is 18.3 Å². The fourth-order valence-electron chi connectivity index (χ4n) is 4.83. The third-order valence-corrected chi connectivity index (χ3v) is 7.11. The Morgan fingerprint density at radius 1 is 1.26 bits per heavy atom. The van der Waals surface area contributed by atoms with Crippen molar-refractivity contribution in [1.29, 1.82) is 0 Å². The van der Waals surface area contributed by atoms with Crippen LogP contribution in [0.1, 0.15) is 62.2 Å². The summed E-state index contributed by atoms with van der Waals surface area (Å²) in [5.74, 6) is -0.574. The Morgan fingerprint density at radius 2 is 2.00 bits per heavy atom. The molecule has 31 heavy (non-hydrogen) atoms. The van der Waals surface area contributed by atoms with E-state index in [-0.39, 0.29) is 36.0 Å². The molecule has 0 aromatic heterocycles. The molecular formula is C24H34FO5Si+. The van der Waals surface area contributed by atoms with Gasteiger partial charge >= 0.3 is 21.0 Å². The average Bonchev–Trinajstić information content (AvgIpc) is 3.25. The van der Waals surface area contributed by atoms with Gasteiger partial charge in [-0.15, -0.1) is 0 Å². The second-order valence-corrected chi connectivity index (χ2v) is 11.0. The molecule has 170 valence electrons. The zero-order valence-electron chi connectivity index (χ0n) is 18.7. The first-order chi connectivity index (χ1) is 14.9. The van der Waals surface area contributed by atoms with E-state index in [9.17, 15) is 14.0 Å². The number of unbranched alkanes of at least 4 members (excludes halogenated alkanes) is 1. The zero-order valence-corrected chi connectivity index (χ0v) is 19.7. The largest absolute Gasteiger partial charge is 0.467 e. The number of hydrogen-bond acceptors (Lipinski definition) is 5. The number of hydrogen-bond donors (Lipinski definition) is 0. The Labute approximate surface area is 186 Å². The fourth-order valence-corrected chi connectivity index (χ4v) is 5.70. The van der Waals surface area contributed by atoms with E-state index in [1.807, 2.05) is 19.2 Å². The summed E-state index contributed by atoms with van der Waals surface area (Å²) in [6, 6.07) is 8.90. The van der Waals surface area contributed by atoms with Gasteiger partial charge in [0.05, 0.1) is 25.1 Å². The summed E-state index contributed by atoms with van der Waals surface area (Å²) in [6.45, 7) is 6.09. The van der Waals surface area contributed by atoms with Crippen LogP contribution in [0.5, 0.6) is 0 Å². The fraction of sp³-hybridized carbons (Fsp3) is 0.667. The predicted octanol–water partition coefficient (Wildman–Crippen LogP) is 5.11. The Kier molecular flexibility index (Phi) is 8.66. The Hall–Kier alpha value is -1.73. The molecule has 2 fully saturated rings.